The van der Waals surface area contributed by atoms with Gasteiger partial charge in [-0.05, 0) is 31.6 Å². The van der Waals surface area contributed by atoms with E-state index in [-0.39, 0.29) is 17.6 Å². The molecule has 4 atom stereocenters. The van der Waals surface area contributed by atoms with Crippen LogP contribution in [0.2, 0.25) is 0 Å². The van der Waals surface area contributed by atoms with Gasteiger partial charge in [-0.1, -0.05) is 0 Å². The van der Waals surface area contributed by atoms with Gasteiger partial charge in [0.1, 0.15) is 5.78 Å². The molecule has 2 rings (SSSR count). The lowest BCUT2D eigenvalue weighted by atomic mass is 9.97. The van der Waals surface area contributed by atoms with Gasteiger partial charge in [0, 0.05) is 5.92 Å². The molecule has 1 N–H and O–H groups in total. The second kappa shape index (κ2) is 2.31. The zero-order valence-corrected chi connectivity index (χ0v) is 6.99. The Bertz CT molecular complexity index is 222. The standard InChI is InChI=1S/C9H12O3/c1-4(10)5-2-6-7(3-5)8(6)9(11)12/h5-8H,2-3H2,1H3,(H,11,12)/t5?,6-,7+,8?. The summed E-state index contributed by atoms with van der Waals surface area (Å²) in [6.07, 6.45) is 1.63. The minimum atomic E-state index is -0.674. The van der Waals surface area contributed by atoms with E-state index >= 15 is 0 Å². The highest BCUT2D eigenvalue weighted by molar-refractivity contribution is 5.81. The first kappa shape index (κ1) is 7.77. The van der Waals surface area contributed by atoms with Gasteiger partial charge in [-0.2, -0.15) is 0 Å². The molecule has 2 aliphatic rings. The first-order valence-corrected chi connectivity index (χ1v) is 4.34. The number of ketones is 1. The van der Waals surface area contributed by atoms with Gasteiger partial charge >= 0.3 is 5.97 Å². The molecule has 2 fully saturated rings. The van der Waals surface area contributed by atoms with Gasteiger partial charge in [-0.3, -0.25) is 9.59 Å². The Morgan fingerprint density at radius 3 is 2.08 bits per heavy atom. The largest absolute Gasteiger partial charge is 0.481 e. The van der Waals surface area contributed by atoms with Crippen LogP contribution in [0.25, 0.3) is 0 Å². The lowest BCUT2D eigenvalue weighted by Crippen LogP contribution is -2.13. The Hall–Kier alpha value is -0.860. The molecule has 0 radical (unpaired) electrons. The summed E-state index contributed by atoms with van der Waals surface area (Å²) in [5.41, 5.74) is 0. The van der Waals surface area contributed by atoms with Crippen molar-refractivity contribution in [1.82, 2.24) is 0 Å². The zero-order chi connectivity index (χ0) is 8.88. The van der Waals surface area contributed by atoms with Crippen LogP contribution < -0.4 is 0 Å². The summed E-state index contributed by atoms with van der Waals surface area (Å²) in [6, 6.07) is 0. The maximum absolute atomic E-state index is 10.9. The molecule has 0 heterocycles. The quantitative estimate of drug-likeness (QED) is 0.667. The molecule has 12 heavy (non-hydrogen) atoms. The fraction of sp³-hybridized carbons (Fsp3) is 0.778. The van der Waals surface area contributed by atoms with Crippen LogP contribution in [0.4, 0.5) is 0 Å². The topological polar surface area (TPSA) is 54.4 Å². The number of hydrogen-bond donors (Lipinski definition) is 1. The van der Waals surface area contributed by atoms with E-state index in [2.05, 4.69) is 0 Å². The van der Waals surface area contributed by atoms with Gasteiger partial charge in [0.05, 0.1) is 5.92 Å². The zero-order valence-electron chi connectivity index (χ0n) is 6.99. The van der Waals surface area contributed by atoms with Crippen molar-refractivity contribution in [3.05, 3.63) is 0 Å². The highest BCUT2D eigenvalue weighted by Crippen LogP contribution is 2.59. The van der Waals surface area contributed by atoms with Crippen molar-refractivity contribution in [2.24, 2.45) is 23.7 Å². The summed E-state index contributed by atoms with van der Waals surface area (Å²) in [4.78, 5) is 21.5. The van der Waals surface area contributed by atoms with E-state index in [1.54, 1.807) is 6.92 Å². The molecular weight excluding hydrogens is 156 g/mol. The third kappa shape index (κ3) is 0.958. The van der Waals surface area contributed by atoms with Crippen LogP contribution in [0.5, 0.6) is 0 Å². The van der Waals surface area contributed by atoms with Crippen LogP contribution in [-0.4, -0.2) is 16.9 Å². The van der Waals surface area contributed by atoms with Gasteiger partial charge in [0.2, 0.25) is 0 Å². The molecule has 2 saturated carbocycles. The highest BCUT2D eigenvalue weighted by Gasteiger charge is 2.60. The smallest absolute Gasteiger partial charge is 0.307 e. The average molecular weight is 168 g/mol. The van der Waals surface area contributed by atoms with E-state index in [0.29, 0.717) is 11.8 Å². The summed E-state index contributed by atoms with van der Waals surface area (Å²) in [5, 5.41) is 8.70. The number of fused-ring (bicyclic) bond motifs is 1. The van der Waals surface area contributed by atoms with E-state index in [9.17, 15) is 9.59 Å². The third-order valence-electron chi connectivity index (χ3n) is 3.31. The average Bonchev–Trinajstić information content (AvgIpc) is 2.48. The molecule has 0 spiro atoms. The van der Waals surface area contributed by atoms with Crippen molar-refractivity contribution in [1.29, 1.82) is 0 Å². The lowest BCUT2D eigenvalue weighted by Gasteiger charge is -2.07. The fourth-order valence-corrected chi connectivity index (χ4v) is 2.54. The second-order valence-corrected chi connectivity index (χ2v) is 3.97. The maximum Gasteiger partial charge on any atom is 0.307 e. The predicted molar refractivity (Wildman–Crippen MR) is 41.5 cm³/mol. The van der Waals surface area contributed by atoms with Crippen molar-refractivity contribution in [2.75, 3.05) is 0 Å². The number of carboxylic acids is 1. The number of carbonyl (C=O) groups excluding carboxylic acids is 1. The highest BCUT2D eigenvalue weighted by atomic mass is 16.4. The molecule has 0 bridgehead atoms. The number of carbonyl (C=O) groups is 2. The summed E-state index contributed by atoms with van der Waals surface area (Å²) in [6.45, 7) is 1.60. The van der Waals surface area contributed by atoms with Crippen molar-refractivity contribution in [3.8, 4) is 0 Å². The number of carboxylic acid groups (broad SMARTS) is 1. The Kier molecular flexibility index (Phi) is 1.50. The van der Waals surface area contributed by atoms with E-state index < -0.39 is 5.97 Å². The Morgan fingerprint density at radius 1 is 1.25 bits per heavy atom. The monoisotopic (exact) mass is 168 g/mol. The summed E-state index contributed by atoms with van der Waals surface area (Å²) in [7, 11) is 0. The molecule has 0 aliphatic heterocycles. The van der Waals surface area contributed by atoms with Crippen LogP contribution in [-0.2, 0) is 9.59 Å². The second-order valence-electron chi connectivity index (χ2n) is 3.97. The van der Waals surface area contributed by atoms with Crippen molar-refractivity contribution in [2.45, 2.75) is 19.8 Å². The number of hydrogen-bond acceptors (Lipinski definition) is 2. The minimum Gasteiger partial charge on any atom is -0.481 e. The van der Waals surface area contributed by atoms with Crippen molar-refractivity contribution in [3.63, 3.8) is 0 Å². The molecule has 66 valence electrons. The molecule has 2 aliphatic carbocycles. The van der Waals surface area contributed by atoms with Crippen LogP contribution in [0.3, 0.4) is 0 Å². The third-order valence-corrected chi connectivity index (χ3v) is 3.31. The van der Waals surface area contributed by atoms with Gasteiger partial charge in [-0.25, -0.2) is 0 Å². The molecule has 0 aromatic rings. The molecule has 0 saturated heterocycles. The molecule has 0 aromatic heterocycles. The molecule has 0 amide bonds. The number of aliphatic carboxylic acids is 1. The van der Waals surface area contributed by atoms with Gasteiger partial charge in [-0.15, -0.1) is 0 Å². The molecule has 2 unspecified atom stereocenters. The van der Waals surface area contributed by atoms with Crippen molar-refractivity contribution >= 4 is 11.8 Å². The lowest BCUT2D eigenvalue weighted by molar-refractivity contribution is -0.139. The summed E-state index contributed by atoms with van der Waals surface area (Å²) >= 11 is 0. The maximum atomic E-state index is 10.9. The normalized spacial score (nSPS) is 43.8. The molecular formula is C9H12O3. The molecule has 3 nitrogen and oxygen atoms in total. The van der Waals surface area contributed by atoms with Gasteiger partial charge in [0.15, 0.2) is 0 Å². The Morgan fingerprint density at radius 2 is 1.75 bits per heavy atom. The first-order valence-electron chi connectivity index (χ1n) is 4.34. The Balaban J connectivity index is 1.94. The van der Waals surface area contributed by atoms with Crippen LogP contribution >= 0.6 is 0 Å². The predicted octanol–water partition coefficient (Wildman–Crippen LogP) is 0.932. The van der Waals surface area contributed by atoms with Crippen molar-refractivity contribution < 1.29 is 14.7 Å². The minimum absolute atomic E-state index is 0.124. The van der Waals surface area contributed by atoms with E-state index in [0.717, 1.165) is 12.8 Å². The van der Waals surface area contributed by atoms with E-state index in [1.807, 2.05) is 0 Å². The SMILES string of the molecule is CC(=O)C1C[C@@H]2C(C(=O)O)[C@@H]2C1. The summed E-state index contributed by atoms with van der Waals surface area (Å²) in [5.74, 6) is 0.224. The van der Waals surface area contributed by atoms with E-state index in [1.165, 1.54) is 0 Å². The van der Waals surface area contributed by atoms with Crippen LogP contribution in [0.15, 0.2) is 0 Å². The van der Waals surface area contributed by atoms with Gasteiger partial charge < -0.3 is 5.11 Å². The molecule has 3 heteroatoms. The van der Waals surface area contributed by atoms with E-state index in [4.69, 9.17) is 5.11 Å². The number of Topliss-reactive ketones (excluding diaryl/α,β-unsaturated/α-hetero) is 1. The van der Waals surface area contributed by atoms with Crippen LogP contribution in [0.1, 0.15) is 19.8 Å². The molecule has 0 aromatic carbocycles. The van der Waals surface area contributed by atoms with Crippen LogP contribution in [0, 0.1) is 23.7 Å². The van der Waals surface area contributed by atoms with Gasteiger partial charge in [0.25, 0.3) is 0 Å². The fourth-order valence-electron chi connectivity index (χ4n) is 2.54. The summed E-state index contributed by atoms with van der Waals surface area (Å²) < 4.78 is 0. The Labute approximate surface area is 70.8 Å². The number of rotatable bonds is 2. The first-order chi connectivity index (χ1) is 5.61.